The van der Waals surface area contributed by atoms with Crippen LogP contribution < -0.4 is 5.73 Å². The molecule has 20 heavy (non-hydrogen) atoms. The zero-order chi connectivity index (χ0) is 14.3. The molecular weight excluding hydrogens is 256 g/mol. The second-order valence-corrected chi connectivity index (χ2v) is 5.72. The predicted octanol–water partition coefficient (Wildman–Crippen LogP) is 1.22. The molecule has 0 radical (unpaired) electrons. The Bertz CT molecular complexity index is 558. The van der Waals surface area contributed by atoms with Crippen molar-refractivity contribution in [1.29, 1.82) is 0 Å². The average molecular weight is 274 g/mol. The number of rotatable bonds is 4. The number of hydrogen-bond donors (Lipinski definition) is 2. The molecule has 1 amide bonds. The Balaban J connectivity index is 1.77. The molecule has 2 aliphatic rings. The quantitative estimate of drug-likeness (QED) is 0.864. The Hall–Kier alpha value is -1.88. The van der Waals surface area contributed by atoms with Crippen LogP contribution in [0.15, 0.2) is 24.3 Å². The molecular formula is C15H18N2O3. The fourth-order valence-electron chi connectivity index (χ4n) is 3.65. The van der Waals surface area contributed by atoms with E-state index in [-0.39, 0.29) is 12.0 Å². The van der Waals surface area contributed by atoms with Crippen LogP contribution in [-0.4, -0.2) is 34.0 Å². The van der Waals surface area contributed by atoms with Gasteiger partial charge in [0, 0.05) is 24.2 Å². The molecule has 3 atom stereocenters. The number of carboxylic acid groups (broad SMARTS) is 1. The third kappa shape index (κ3) is 2.18. The minimum Gasteiger partial charge on any atom is -0.481 e. The van der Waals surface area contributed by atoms with E-state index >= 15 is 0 Å². The van der Waals surface area contributed by atoms with Gasteiger partial charge in [0.1, 0.15) is 0 Å². The number of nitrogens with two attached hydrogens (primary N) is 1. The maximum absolute atomic E-state index is 11.2. The lowest BCUT2D eigenvalue weighted by Crippen LogP contribution is -2.32. The van der Waals surface area contributed by atoms with Crippen LogP contribution in [0.1, 0.15) is 35.2 Å². The number of nitrogens with zero attached hydrogens (tertiary/aromatic N) is 1. The van der Waals surface area contributed by atoms with Gasteiger partial charge in [-0.3, -0.25) is 14.5 Å². The maximum atomic E-state index is 11.2. The Labute approximate surface area is 117 Å². The van der Waals surface area contributed by atoms with Crippen LogP contribution in [0.5, 0.6) is 0 Å². The van der Waals surface area contributed by atoms with Crippen molar-refractivity contribution < 1.29 is 14.7 Å². The van der Waals surface area contributed by atoms with Gasteiger partial charge in [0.15, 0.2) is 0 Å². The van der Waals surface area contributed by atoms with Gasteiger partial charge in [0.05, 0.1) is 5.92 Å². The van der Waals surface area contributed by atoms with Crippen molar-refractivity contribution >= 4 is 11.9 Å². The molecule has 1 aromatic rings. The number of benzene rings is 1. The van der Waals surface area contributed by atoms with E-state index in [0.717, 1.165) is 24.8 Å². The summed E-state index contributed by atoms with van der Waals surface area (Å²) in [5.74, 6) is -1.36. The summed E-state index contributed by atoms with van der Waals surface area (Å²) >= 11 is 0. The number of carboxylic acids is 1. The van der Waals surface area contributed by atoms with Gasteiger partial charge in [-0.2, -0.15) is 0 Å². The second-order valence-electron chi connectivity index (χ2n) is 5.72. The minimum absolute atomic E-state index is 0.134. The second kappa shape index (κ2) is 4.90. The molecule has 5 heteroatoms. The Morgan fingerprint density at radius 1 is 1.35 bits per heavy atom. The summed E-state index contributed by atoms with van der Waals surface area (Å²) in [6, 6.07) is 7.77. The van der Waals surface area contributed by atoms with E-state index < -0.39 is 11.9 Å². The fourth-order valence-corrected chi connectivity index (χ4v) is 3.65. The first-order valence-corrected chi connectivity index (χ1v) is 6.93. The number of carbonyl (C=O) groups excluding carboxylic acids is 1. The standard InChI is InChI=1S/C15H18N2O3/c16-14(18)10-3-1-2-9(6-10)8-17-11-4-5-13(17)12(7-11)15(19)20/h1-3,6,11-13H,4-5,7-8H2,(H2,16,18)(H,19,20). The van der Waals surface area contributed by atoms with Crippen LogP contribution >= 0.6 is 0 Å². The summed E-state index contributed by atoms with van der Waals surface area (Å²) in [5.41, 5.74) is 6.81. The molecule has 0 spiro atoms. The molecule has 2 aliphatic heterocycles. The molecule has 106 valence electrons. The highest BCUT2D eigenvalue weighted by Crippen LogP contribution is 2.42. The summed E-state index contributed by atoms with van der Waals surface area (Å²) in [7, 11) is 0. The summed E-state index contributed by atoms with van der Waals surface area (Å²) < 4.78 is 0. The molecule has 3 rings (SSSR count). The third-order valence-corrected chi connectivity index (χ3v) is 4.57. The van der Waals surface area contributed by atoms with Crippen LogP contribution in [0.3, 0.4) is 0 Å². The number of amides is 1. The predicted molar refractivity (Wildman–Crippen MR) is 73.1 cm³/mol. The van der Waals surface area contributed by atoms with Gasteiger partial charge in [-0.1, -0.05) is 12.1 Å². The number of fused-ring (bicyclic) bond motifs is 2. The topological polar surface area (TPSA) is 83.6 Å². The number of primary amides is 1. The lowest BCUT2D eigenvalue weighted by Gasteiger charge is -2.22. The molecule has 0 saturated carbocycles. The van der Waals surface area contributed by atoms with Crippen molar-refractivity contribution in [3.63, 3.8) is 0 Å². The molecule has 2 fully saturated rings. The number of hydrogen-bond acceptors (Lipinski definition) is 3. The largest absolute Gasteiger partial charge is 0.481 e. The zero-order valence-corrected chi connectivity index (χ0v) is 11.2. The van der Waals surface area contributed by atoms with Gasteiger partial charge in [-0.15, -0.1) is 0 Å². The van der Waals surface area contributed by atoms with Crippen molar-refractivity contribution in [3.8, 4) is 0 Å². The van der Waals surface area contributed by atoms with Gasteiger partial charge in [-0.25, -0.2) is 0 Å². The Kier molecular flexibility index (Phi) is 3.22. The third-order valence-electron chi connectivity index (χ3n) is 4.57. The lowest BCUT2D eigenvalue weighted by molar-refractivity contribution is -0.142. The van der Waals surface area contributed by atoms with Crippen molar-refractivity contribution in [2.24, 2.45) is 11.7 Å². The van der Waals surface area contributed by atoms with E-state index in [4.69, 9.17) is 5.73 Å². The van der Waals surface area contributed by atoms with Crippen LogP contribution in [0.25, 0.3) is 0 Å². The Morgan fingerprint density at radius 3 is 2.80 bits per heavy atom. The van der Waals surface area contributed by atoms with E-state index in [1.807, 2.05) is 12.1 Å². The van der Waals surface area contributed by atoms with Gasteiger partial charge < -0.3 is 10.8 Å². The van der Waals surface area contributed by atoms with Crippen LogP contribution in [0.2, 0.25) is 0 Å². The van der Waals surface area contributed by atoms with Crippen molar-refractivity contribution in [2.75, 3.05) is 0 Å². The van der Waals surface area contributed by atoms with Gasteiger partial charge in [-0.05, 0) is 37.0 Å². The molecule has 0 aromatic heterocycles. The van der Waals surface area contributed by atoms with E-state index in [1.165, 1.54) is 0 Å². The average Bonchev–Trinajstić information content (AvgIpc) is 2.96. The first kappa shape index (κ1) is 13.1. The zero-order valence-electron chi connectivity index (χ0n) is 11.2. The molecule has 2 saturated heterocycles. The SMILES string of the molecule is NC(=O)c1cccc(CN2C3CCC2C(C(=O)O)C3)c1. The van der Waals surface area contributed by atoms with E-state index in [1.54, 1.807) is 12.1 Å². The van der Waals surface area contributed by atoms with Crippen LogP contribution in [0, 0.1) is 5.92 Å². The minimum atomic E-state index is -0.687. The van der Waals surface area contributed by atoms with Crippen LogP contribution in [-0.2, 0) is 11.3 Å². The van der Waals surface area contributed by atoms with Crippen LogP contribution in [0.4, 0.5) is 0 Å². The molecule has 1 aromatic carbocycles. The molecule has 3 N–H and O–H groups in total. The highest BCUT2D eigenvalue weighted by molar-refractivity contribution is 5.92. The normalized spacial score (nSPS) is 28.7. The van der Waals surface area contributed by atoms with Gasteiger partial charge in [0.2, 0.25) is 5.91 Å². The van der Waals surface area contributed by atoms with Crippen molar-refractivity contribution in [1.82, 2.24) is 4.90 Å². The highest BCUT2D eigenvalue weighted by Gasteiger charge is 2.48. The van der Waals surface area contributed by atoms with E-state index in [2.05, 4.69) is 4.90 Å². The fraction of sp³-hybridized carbons (Fsp3) is 0.467. The molecule has 3 unspecified atom stereocenters. The van der Waals surface area contributed by atoms with Crippen molar-refractivity contribution in [3.05, 3.63) is 35.4 Å². The summed E-state index contributed by atoms with van der Waals surface area (Å²) in [6.45, 7) is 0.695. The highest BCUT2D eigenvalue weighted by atomic mass is 16.4. The van der Waals surface area contributed by atoms with E-state index in [9.17, 15) is 14.7 Å². The maximum Gasteiger partial charge on any atom is 0.308 e. The monoisotopic (exact) mass is 274 g/mol. The first-order valence-electron chi connectivity index (χ1n) is 6.93. The first-order chi connectivity index (χ1) is 9.56. The summed E-state index contributed by atoms with van der Waals surface area (Å²) in [5, 5.41) is 9.25. The lowest BCUT2D eigenvalue weighted by atomic mass is 9.89. The molecule has 5 nitrogen and oxygen atoms in total. The molecule has 2 bridgehead atoms. The van der Waals surface area contributed by atoms with E-state index in [0.29, 0.717) is 18.2 Å². The number of carbonyl (C=O) groups is 2. The summed E-state index contributed by atoms with van der Waals surface area (Å²) in [6.07, 6.45) is 2.77. The van der Waals surface area contributed by atoms with Crippen molar-refractivity contribution in [2.45, 2.75) is 37.9 Å². The van der Waals surface area contributed by atoms with Gasteiger partial charge >= 0.3 is 5.97 Å². The smallest absolute Gasteiger partial charge is 0.308 e. The number of aliphatic carboxylic acids is 1. The molecule has 2 heterocycles. The Morgan fingerprint density at radius 2 is 2.15 bits per heavy atom. The molecule has 0 aliphatic carbocycles. The summed E-state index contributed by atoms with van der Waals surface area (Å²) in [4.78, 5) is 24.7. The van der Waals surface area contributed by atoms with Gasteiger partial charge in [0.25, 0.3) is 0 Å².